The minimum Gasteiger partial charge on any atom is -0.485 e. The van der Waals surface area contributed by atoms with Crippen molar-refractivity contribution in [1.82, 2.24) is 4.90 Å². The lowest BCUT2D eigenvalue weighted by Gasteiger charge is -2.39. The molecule has 152 valence electrons. The molecule has 0 spiro atoms. The standard InChI is InChI=1S/C22H23ClN2O4/c1-22(2,3)29-21(27)25-11-15(12-25)28-18-6-4-5-16(20(18)23)13-7-8-17-14(9-13)10-19(26)24-17/h4-9,15H,10-12H2,1-3H3,(H,24,26). The van der Waals surface area contributed by atoms with Gasteiger partial charge in [0, 0.05) is 11.3 Å². The van der Waals surface area contributed by atoms with E-state index in [1.807, 2.05) is 57.2 Å². The number of nitrogens with one attached hydrogen (secondary N) is 1. The van der Waals surface area contributed by atoms with Gasteiger partial charge in [-0.3, -0.25) is 4.79 Å². The van der Waals surface area contributed by atoms with Gasteiger partial charge in [-0.15, -0.1) is 0 Å². The summed E-state index contributed by atoms with van der Waals surface area (Å²) in [6.07, 6.45) is -0.0878. The fraction of sp³-hybridized carbons (Fsp3) is 0.364. The van der Waals surface area contributed by atoms with E-state index in [-0.39, 0.29) is 18.1 Å². The number of rotatable bonds is 3. The molecule has 7 heteroatoms. The van der Waals surface area contributed by atoms with Crippen molar-refractivity contribution in [2.75, 3.05) is 18.4 Å². The van der Waals surface area contributed by atoms with Crippen molar-refractivity contribution >= 4 is 29.3 Å². The normalized spacial score (nSPS) is 16.1. The van der Waals surface area contributed by atoms with Crippen LogP contribution >= 0.6 is 11.6 Å². The highest BCUT2D eigenvalue weighted by atomic mass is 35.5. The molecule has 2 aliphatic heterocycles. The molecule has 0 radical (unpaired) electrons. The summed E-state index contributed by atoms with van der Waals surface area (Å²) in [4.78, 5) is 25.3. The molecule has 0 saturated carbocycles. The van der Waals surface area contributed by atoms with Crippen molar-refractivity contribution in [2.24, 2.45) is 0 Å². The summed E-state index contributed by atoms with van der Waals surface area (Å²) in [5, 5.41) is 3.35. The SMILES string of the molecule is CC(C)(C)OC(=O)N1CC(Oc2cccc(-c3ccc4c(c3)CC(=O)N4)c2Cl)C1. The van der Waals surface area contributed by atoms with Crippen LogP contribution in [0.5, 0.6) is 5.75 Å². The van der Waals surface area contributed by atoms with Gasteiger partial charge in [-0.25, -0.2) is 4.79 Å². The van der Waals surface area contributed by atoms with Gasteiger partial charge >= 0.3 is 6.09 Å². The van der Waals surface area contributed by atoms with Crippen molar-refractivity contribution in [3.63, 3.8) is 0 Å². The summed E-state index contributed by atoms with van der Waals surface area (Å²) < 4.78 is 11.4. The van der Waals surface area contributed by atoms with Crippen molar-refractivity contribution in [3.05, 3.63) is 47.0 Å². The Balaban J connectivity index is 1.44. The molecule has 0 aliphatic carbocycles. The maximum Gasteiger partial charge on any atom is 0.410 e. The van der Waals surface area contributed by atoms with Crippen LogP contribution in [0.3, 0.4) is 0 Å². The molecule has 0 aromatic heterocycles. The molecule has 0 atom stereocenters. The van der Waals surface area contributed by atoms with Crippen molar-refractivity contribution < 1.29 is 19.1 Å². The van der Waals surface area contributed by atoms with Crippen LogP contribution in [0.2, 0.25) is 5.02 Å². The highest BCUT2D eigenvalue weighted by molar-refractivity contribution is 6.34. The molecule has 4 rings (SSSR count). The molecule has 2 aromatic rings. The Bertz CT molecular complexity index is 977. The number of amides is 2. The van der Waals surface area contributed by atoms with E-state index in [1.54, 1.807) is 4.90 Å². The van der Waals surface area contributed by atoms with Crippen LogP contribution in [-0.2, 0) is 16.0 Å². The third kappa shape index (κ3) is 4.17. The van der Waals surface area contributed by atoms with Gasteiger partial charge in [0.1, 0.15) is 17.5 Å². The van der Waals surface area contributed by atoms with E-state index in [9.17, 15) is 9.59 Å². The second kappa shape index (κ2) is 7.26. The third-order valence-corrected chi connectivity index (χ3v) is 5.19. The average molecular weight is 415 g/mol. The van der Waals surface area contributed by atoms with E-state index >= 15 is 0 Å². The van der Waals surface area contributed by atoms with Crippen LogP contribution < -0.4 is 10.1 Å². The van der Waals surface area contributed by atoms with Crippen LogP contribution in [-0.4, -0.2) is 41.7 Å². The van der Waals surface area contributed by atoms with Gasteiger partial charge in [0.05, 0.1) is 24.5 Å². The summed E-state index contributed by atoms with van der Waals surface area (Å²) in [5.41, 5.74) is 3.06. The Morgan fingerprint density at radius 3 is 2.69 bits per heavy atom. The topological polar surface area (TPSA) is 67.9 Å². The maximum atomic E-state index is 12.1. The first-order chi connectivity index (χ1) is 13.7. The predicted octanol–water partition coefficient (Wildman–Crippen LogP) is 4.50. The van der Waals surface area contributed by atoms with Crippen LogP contribution in [0.25, 0.3) is 11.1 Å². The Hall–Kier alpha value is -2.73. The first-order valence-corrected chi connectivity index (χ1v) is 9.93. The minimum absolute atomic E-state index is 0.000133. The van der Waals surface area contributed by atoms with Gasteiger partial charge in [0.15, 0.2) is 0 Å². The minimum atomic E-state index is -0.517. The van der Waals surface area contributed by atoms with Gasteiger partial charge in [-0.2, -0.15) is 0 Å². The molecule has 2 amide bonds. The number of carbonyl (C=O) groups is 2. The van der Waals surface area contributed by atoms with Gasteiger partial charge < -0.3 is 19.7 Å². The number of benzene rings is 2. The highest BCUT2D eigenvalue weighted by Gasteiger charge is 2.35. The van der Waals surface area contributed by atoms with Gasteiger partial charge in [0.25, 0.3) is 0 Å². The summed E-state index contributed by atoms with van der Waals surface area (Å²) in [7, 11) is 0. The van der Waals surface area contributed by atoms with Crippen LogP contribution in [0.4, 0.5) is 10.5 Å². The van der Waals surface area contributed by atoms with E-state index in [1.165, 1.54) is 0 Å². The zero-order valence-electron chi connectivity index (χ0n) is 16.6. The van der Waals surface area contributed by atoms with E-state index < -0.39 is 5.60 Å². The summed E-state index contributed by atoms with van der Waals surface area (Å²) in [6.45, 7) is 6.45. The van der Waals surface area contributed by atoms with Gasteiger partial charge in [0.2, 0.25) is 5.91 Å². The highest BCUT2D eigenvalue weighted by Crippen LogP contribution is 2.38. The number of hydrogen-bond donors (Lipinski definition) is 1. The molecular weight excluding hydrogens is 392 g/mol. The van der Waals surface area contributed by atoms with Crippen LogP contribution in [0, 0.1) is 0 Å². The molecule has 0 unspecified atom stereocenters. The van der Waals surface area contributed by atoms with E-state index in [0.29, 0.717) is 30.3 Å². The number of anilines is 1. The Labute approximate surface area is 174 Å². The number of ether oxygens (including phenoxy) is 2. The molecule has 6 nitrogen and oxygen atoms in total. The first-order valence-electron chi connectivity index (χ1n) is 9.56. The second-order valence-corrected chi connectivity index (χ2v) is 8.72. The summed E-state index contributed by atoms with van der Waals surface area (Å²) in [6, 6.07) is 11.4. The van der Waals surface area contributed by atoms with Gasteiger partial charge in [-0.1, -0.05) is 29.8 Å². The van der Waals surface area contributed by atoms with E-state index in [4.69, 9.17) is 21.1 Å². The van der Waals surface area contributed by atoms with Crippen LogP contribution in [0.15, 0.2) is 36.4 Å². The molecule has 0 bridgehead atoms. The quantitative estimate of drug-likeness (QED) is 0.802. The lowest BCUT2D eigenvalue weighted by molar-refractivity contribution is -0.115. The van der Waals surface area contributed by atoms with Crippen molar-refractivity contribution in [2.45, 2.75) is 38.9 Å². The molecule has 2 aromatic carbocycles. The Morgan fingerprint density at radius 2 is 1.97 bits per heavy atom. The van der Waals surface area contributed by atoms with Crippen molar-refractivity contribution in [3.8, 4) is 16.9 Å². The number of likely N-dealkylation sites (tertiary alicyclic amines) is 1. The van der Waals surface area contributed by atoms with Crippen LogP contribution in [0.1, 0.15) is 26.3 Å². The molecule has 2 aliphatic rings. The predicted molar refractivity (Wildman–Crippen MR) is 111 cm³/mol. The zero-order chi connectivity index (χ0) is 20.8. The monoisotopic (exact) mass is 414 g/mol. The largest absolute Gasteiger partial charge is 0.485 e. The number of hydrogen-bond acceptors (Lipinski definition) is 4. The third-order valence-electron chi connectivity index (χ3n) is 4.80. The van der Waals surface area contributed by atoms with E-state index in [0.717, 1.165) is 22.4 Å². The number of fused-ring (bicyclic) bond motifs is 1. The molecular formula is C22H23ClN2O4. The molecule has 1 fully saturated rings. The van der Waals surface area contributed by atoms with Crippen molar-refractivity contribution in [1.29, 1.82) is 0 Å². The number of nitrogens with zero attached hydrogens (tertiary/aromatic N) is 1. The fourth-order valence-corrected chi connectivity index (χ4v) is 3.67. The average Bonchev–Trinajstić information content (AvgIpc) is 2.96. The summed E-state index contributed by atoms with van der Waals surface area (Å²) in [5.74, 6) is 0.576. The molecule has 2 heterocycles. The summed E-state index contributed by atoms with van der Waals surface area (Å²) >= 11 is 6.62. The smallest absolute Gasteiger partial charge is 0.410 e. The lowest BCUT2D eigenvalue weighted by Crippen LogP contribution is -2.57. The lowest BCUT2D eigenvalue weighted by atomic mass is 10.0. The Morgan fingerprint density at radius 1 is 1.21 bits per heavy atom. The fourth-order valence-electron chi connectivity index (χ4n) is 3.39. The second-order valence-electron chi connectivity index (χ2n) is 8.34. The molecule has 29 heavy (non-hydrogen) atoms. The molecule has 1 N–H and O–H groups in total. The Kier molecular flexibility index (Phi) is 4.90. The van der Waals surface area contributed by atoms with Gasteiger partial charge in [-0.05, 0) is 50.1 Å². The zero-order valence-corrected chi connectivity index (χ0v) is 17.4. The maximum absolute atomic E-state index is 12.1. The van der Waals surface area contributed by atoms with E-state index in [2.05, 4.69) is 5.32 Å². The number of halogens is 1. The first kappa shape index (κ1) is 19.6. The molecule has 1 saturated heterocycles. The number of carbonyl (C=O) groups excluding carboxylic acids is 2.